The van der Waals surface area contributed by atoms with Crippen molar-refractivity contribution in [3.63, 3.8) is 0 Å². The highest BCUT2D eigenvalue weighted by molar-refractivity contribution is 7.89. The van der Waals surface area contributed by atoms with Gasteiger partial charge in [-0.2, -0.15) is 9.40 Å². The second-order valence-electron chi connectivity index (χ2n) is 8.30. The fourth-order valence-corrected chi connectivity index (χ4v) is 5.80. The van der Waals surface area contributed by atoms with Crippen LogP contribution in [-0.2, 0) is 17.1 Å². The lowest BCUT2D eigenvalue weighted by Crippen LogP contribution is -2.50. The second-order valence-corrected chi connectivity index (χ2v) is 10.6. The second kappa shape index (κ2) is 8.95. The fourth-order valence-electron chi connectivity index (χ4n) is 4.13. The third-order valence-electron chi connectivity index (χ3n) is 6.15. The van der Waals surface area contributed by atoms with E-state index in [0.717, 1.165) is 10.9 Å². The molecule has 0 bridgehead atoms. The Kier molecular flexibility index (Phi) is 5.96. The van der Waals surface area contributed by atoms with E-state index in [0.29, 0.717) is 34.9 Å². The summed E-state index contributed by atoms with van der Waals surface area (Å²) in [7, 11) is -2.12. The lowest BCUT2D eigenvalue weighted by molar-refractivity contribution is 0.0698. The molecule has 180 valence electrons. The molecule has 0 saturated carbocycles. The molecule has 11 heteroatoms. The van der Waals surface area contributed by atoms with Crippen LogP contribution in [0.25, 0.3) is 22.2 Å². The number of aryl methyl sites for hydroxylation is 1. The van der Waals surface area contributed by atoms with Gasteiger partial charge in [0.15, 0.2) is 0 Å². The van der Waals surface area contributed by atoms with Gasteiger partial charge in [0, 0.05) is 67.5 Å². The van der Waals surface area contributed by atoms with Gasteiger partial charge >= 0.3 is 0 Å². The van der Waals surface area contributed by atoms with Crippen LogP contribution in [-0.4, -0.2) is 64.5 Å². The number of benzene rings is 2. The molecule has 0 radical (unpaired) electrons. The largest absolute Gasteiger partial charge is 0.360 e. The molecule has 0 spiro atoms. The molecule has 1 aliphatic heterocycles. The zero-order chi connectivity index (χ0) is 24.7. The number of amides is 1. The molecule has 35 heavy (non-hydrogen) atoms. The summed E-state index contributed by atoms with van der Waals surface area (Å²) in [4.78, 5) is 29.4. The van der Waals surface area contributed by atoms with Crippen LogP contribution in [0.3, 0.4) is 0 Å². The molecule has 0 unspecified atom stereocenters. The van der Waals surface area contributed by atoms with Gasteiger partial charge < -0.3 is 9.88 Å². The van der Waals surface area contributed by atoms with Crippen LogP contribution >= 0.6 is 11.6 Å². The Morgan fingerprint density at radius 1 is 1.00 bits per heavy atom. The first-order valence-corrected chi connectivity index (χ1v) is 12.8. The Morgan fingerprint density at radius 3 is 2.40 bits per heavy atom. The Labute approximate surface area is 206 Å². The van der Waals surface area contributed by atoms with E-state index in [1.807, 2.05) is 0 Å². The smallest absolute Gasteiger partial charge is 0.266 e. The van der Waals surface area contributed by atoms with E-state index in [4.69, 9.17) is 11.6 Å². The molecule has 2 aromatic carbocycles. The van der Waals surface area contributed by atoms with Crippen molar-refractivity contribution in [1.82, 2.24) is 24.0 Å². The van der Waals surface area contributed by atoms with Crippen LogP contribution in [0.2, 0.25) is 5.02 Å². The summed E-state index contributed by atoms with van der Waals surface area (Å²) in [5, 5.41) is 5.52. The number of carbonyl (C=O) groups is 1. The maximum Gasteiger partial charge on any atom is 0.266 e. The average Bonchev–Trinajstić information content (AvgIpc) is 3.25. The van der Waals surface area contributed by atoms with Gasteiger partial charge in [0.1, 0.15) is 0 Å². The normalized spacial score (nSPS) is 15.0. The van der Waals surface area contributed by atoms with Crippen molar-refractivity contribution in [1.29, 1.82) is 0 Å². The van der Waals surface area contributed by atoms with Crippen LogP contribution in [0.15, 0.2) is 70.5 Å². The third-order valence-corrected chi connectivity index (χ3v) is 8.36. The molecule has 2 aromatic heterocycles. The molecule has 4 aromatic rings. The lowest BCUT2D eigenvalue weighted by atomic mass is 10.1. The summed E-state index contributed by atoms with van der Waals surface area (Å²) < 4.78 is 29.0. The van der Waals surface area contributed by atoms with E-state index < -0.39 is 10.0 Å². The van der Waals surface area contributed by atoms with E-state index >= 15 is 0 Å². The van der Waals surface area contributed by atoms with E-state index in [1.165, 1.54) is 15.1 Å². The molecule has 1 amide bonds. The number of nitrogens with one attached hydrogen (secondary N) is 1. The minimum absolute atomic E-state index is 0.163. The first-order chi connectivity index (χ1) is 16.7. The molecule has 1 saturated heterocycles. The Bertz CT molecular complexity index is 1590. The number of rotatable bonds is 4. The van der Waals surface area contributed by atoms with Crippen molar-refractivity contribution in [2.24, 2.45) is 7.05 Å². The number of sulfonamides is 1. The number of nitrogens with zero attached hydrogens (tertiary/aromatic N) is 4. The quantitative estimate of drug-likeness (QED) is 0.453. The highest BCUT2D eigenvalue weighted by Gasteiger charge is 2.30. The topological polar surface area (TPSA) is 108 Å². The van der Waals surface area contributed by atoms with Gasteiger partial charge in [0.05, 0.1) is 15.6 Å². The van der Waals surface area contributed by atoms with E-state index in [-0.39, 0.29) is 29.5 Å². The Balaban J connectivity index is 1.26. The first-order valence-electron chi connectivity index (χ1n) is 10.9. The standard InChI is InChI=1S/C24H22ClN5O4S/c1-28-23(31)9-8-21(27-28)16-2-4-17(5-3-16)24(32)29-10-12-30(13-11-29)35(33,34)18-6-7-19-20(25)15-26-22(19)14-18/h2-9,14-15,26H,10-13H2,1H3. The zero-order valence-corrected chi connectivity index (χ0v) is 20.4. The zero-order valence-electron chi connectivity index (χ0n) is 18.8. The molecular formula is C24H22ClN5O4S. The van der Waals surface area contributed by atoms with E-state index in [1.54, 1.807) is 66.7 Å². The summed E-state index contributed by atoms with van der Waals surface area (Å²) in [6.45, 7) is 0.993. The Morgan fingerprint density at radius 2 is 1.71 bits per heavy atom. The number of H-pyrrole nitrogens is 1. The number of piperazine rings is 1. The van der Waals surface area contributed by atoms with Crippen molar-refractivity contribution < 1.29 is 13.2 Å². The highest BCUT2D eigenvalue weighted by Crippen LogP contribution is 2.27. The van der Waals surface area contributed by atoms with Crippen molar-refractivity contribution >= 4 is 38.4 Å². The third kappa shape index (κ3) is 4.36. The van der Waals surface area contributed by atoms with E-state index in [9.17, 15) is 18.0 Å². The number of fused-ring (bicyclic) bond motifs is 1. The minimum atomic E-state index is -3.70. The Hall–Kier alpha value is -3.47. The monoisotopic (exact) mass is 511 g/mol. The molecule has 1 aliphatic rings. The predicted octanol–water partition coefficient (Wildman–Crippen LogP) is 2.73. The maximum atomic E-state index is 13.1. The van der Waals surface area contributed by atoms with Crippen molar-refractivity contribution in [2.75, 3.05) is 26.2 Å². The van der Waals surface area contributed by atoms with Crippen LogP contribution in [0, 0.1) is 0 Å². The summed E-state index contributed by atoms with van der Waals surface area (Å²) in [6, 6.07) is 14.9. The van der Waals surface area contributed by atoms with Gasteiger partial charge in [-0.25, -0.2) is 13.1 Å². The first kappa shape index (κ1) is 23.3. The van der Waals surface area contributed by atoms with Crippen molar-refractivity contribution in [3.05, 3.63) is 81.7 Å². The lowest BCUT2D eigenvalue weighted by Gasteiger charge is -2.34. The predicted molar refractivity (Wildman–Crippen MR) is 133 cm³/mol. The van der Waals surface area contributed by atoms with Gasteiger partial charge in [-0.15, -0.1) is 0 Å². The van der Waals surface area contributed by atoms with Gasteiger partial charge in [-0.1, -0.05) is 23.7 Å². The number of halogens is 1. The molecule has 9 nitrogen and oxygen atoms in total. The van der Waals surface area contributed by atoms with Crippen molar-refractivity contribution in [2.45, 2.75) is 4.90 Å². The summed E-state index contributed by atoms with van der Waals surface area (Å²) in [5.41, 5.74) is 2.37. The molecule has 3 heterocycles. The number of aromatic nitrogens is 3. The number of carbonyl (C=O) groups excluding carboxylic acids is 1. The van der Waals surface area contributed by atoms with Crippen molar-refractivity contribution in [3.8, 4) is 11.3 Å². The maximum absolute atomic E-state index is 13.1. The molecule has 1 fully saturated rings. The van der Waals surface area contributed by atoms with Crippen LogP contribution in [0.5, 0.6) is 0 Å². The highest BCUT2D eigenvalue weighted by atomic mass is 35.5. The number of aromatic amines is 1. The number of hydrogen-bond donors (Lipinski definition) is 1. The molecular weight excluding hydrogens is 490 g/mol. The van der Waals surface area contributed by atoms with Crippen LogP contribution < -0.4 is 5.56 Å². The summed E-state index contributed by atoms with van der Waals surface area (Å²) in [5.74, 6) is -0.163. The van der Waals surface area contributed by atoms with Crippen LogP contribution in [0.4, 0.5) is 0 Å². The molecule has 0 atom stereocenters. The summed E-state index contributed by atoms with van der Waals surface area (Å²) in [6.07, 6.45) is 1.62. The molecule has 0 aliphatic carbocycles. The summed E-state index contributed by atoms with van der Waals surface area (Å²) >= 11 is 6.09. The van der Waals surface area contributed by atoms with Crippen LogP contribution in [0.1, 0.15) is 10.4 Å². The molecule has 5 rings (SSSR count). The van der Waals surface area contributed by atoms with Gasteiger partial charge in [-0.05, 0) is 36.4 Å². The van der Waals surface area contributed by atoms with Gasteiger partial charge in [-0.3, -0.25) is 9.59 Å². The average molecular weight is 512 g/mol. The minimum Gasteiger partial charge on any atom is -0.360 e. The van der Waals surface area contributed by atoms with Gasteiger partial charge in [0.25, 0.3) is 11.5 Å². The van der Waals surface area contributed by atoms with Gasteiger partial charge in [0.2, 0.25) is 10.0 Å². The molecule has 1 N–H and O–H groups in total. The fraction of sp³-hybridized carbons (Fsp3) is 0.208. The van der Waals surface area contributed by atoms with E-state index in [2.05, 4.69) is 10.1 Å². The number of hydrogen-bond acceptors (Lipinski definition) is 5. The SMILES string of the molecule is Cn1nc(-c2ccc(C(=O)N3CCN(S(=O)(=O)c4ccc5c(Cl)c[nH]c5c4)CC3)cc2)ccc1=O.